The normalized spacial score (nSPS) is 15.7. The topological polar surface area (TPSA) is 87.1 Å². The van der Waals surface area contributed by atoms with Gasteiger partial charge in [0.2, 0.25) is 11.6 Å². The van der Waals surface area contributed by atoms with Crippen LogP contribution in [0.5, 0.6) is 0 Å². The Morgan fingerprint density at radius 3 is 1.00 bits per heavy atom. The number of carbonyl (C=O) groups excluding carboxylic acids is 2. The predicted octanol–water partition coefficient (Wildman–Crippen LogP) is 12.3. The molecule has 4 aliphatic carbocycles. The van der Waals surface area contributed by atoms with Crippen LogP contribution in [-0.2, 0) is 9.59 Å². The number of anilines is 2. The Hall–Kier alpha value is -5.76. The molecule has 0 atom stereocenters. The maximum atomic E-state index is 13.3. The molecule has 2 N–H and O–H groups in total. The number of ketones is 2. The van der Waals surface area contributed by atoms with Gasteiger partial charge in [-0.25, -0.2) is 9.15 Å². The number of benzene rings is 2. The lowest BCUT2D eigenvalue weighted by Crippen LogP contribution is -2.26. The van der Waals surface area contributed by atoms with E-state index >= 15 is 0 Å². The van der Waals surface area contributed by atoms with Gasteiger partial charge in [0.05, 0.1) is 22.3 Å². The quantitative estimate of drug-likeness (QED) is 0.0587. The maximum Gasteiger partial charge on any atom is 0.201 e. The van der Waals surface area contributed by atoms with E-state index in [1.54, 1.807) is 0 Å². The van der Waals surface area contributed by atoms with Gasteiger partial charge in [0.1, 0.15) is 38.7 Å². The average molecular weight is 893 g/mol. The van der Waals surface area contributed by atoms with E-state index in [-0.39, 0.29) is 23.1 Å². The van der Waals surface area contributed by atoms with Crippen molar-refractivity contribution in [1.29, 1.82) is 0 Å². The summed E-state index contributed by atoms with van der Waals surface area (Å²) >= 11 is 0. The minimum absolute atomic E-state index is 0.0865. The monoisotopic (exact) mass is 893 g/mol. The molecule has 2 aromatic rings. The van der Waals surface area contributed by atoms with E-state index in [1.807, 2.05) is 72.9 Å². The molecule has 0 bridgehead atoms. The molecule has 0 spiro atoms. The number of allylic oxidation sites excluding steroid dienone is 14. The lowest BCUT2D eigenvalue weighted by atomic mass is 9.80. The highest BCUT2D eigenvalue weighted by Crippen LogP contribution is 2.41. The van der Waals surface area contributed by atoms with Crippen LogP contribution in [0.25, 0.3) is 11.1 Å². The molecule has 350 valence electrons. The van der Waals surface area contributed by atoms with E-state index < -0.39 is 0 Å². The fraction of sp³-hybridized carbons (Fsp3) is 0.448. The molecule has 0 saturated heterocycles. The first-order chi connectivity index (χ1) is 32.1. The lowest BCUT2D eigenvalue weighted by Gasteiger charge is -2.26. The molecule has 4 aliphatic rings. The van der Waals surface area contributed by atoms with Crippen LogP contribution in [0.3, 0.4) is 0 Å². The van der Waals surface area contributed by atoms with Crippen molar-refractivity contribution in [1.82, 2.24) is 0 Å². The predicted molar refractivity (Wildman–Crippen MR) is 276 cm³/mol. The molecule has 66 heavy (non-hydrogen) atoms. The zero-order chi connectivity index (χ0) is 47.0. The van der Waals surface area contributed by atoms with Gasteiger partial charge in [-0.3, -0.25) is 9.59 Å². The van der Waals surface area contributed by atoms with Crippen LogP contribution in [-0.4, -0.2) is 95.7 Å². The molecule has 0 aliphatic heterocycles. The van der Waals surface area contributed by atoms with Crippen molar-refractivity contribution in [3.63, 3.8) is 0 Å². The molecule has 0 aromatic heterocycles. The molecule has 0 saturated carbocycles. The number of aliphatic hydroxyl groups excluding tert-OH is 2. The Balaban J connectivity index is 0.911. The summed E-state index contributed by atoms with van der Waals surface area (Å²) in [5, 5.41) is 22.1. The Kier molecular flexibility index (Phi) is 18.6. The first-order valence-electron chi connectivity index (χ1n) is 25.2. The van der Waals surface area contributed by atoms with Crippen molar-refractivity contribution in [2.24, 2.45) is 0 Å². The number of Topliss-reactive ketones (excluding diaryl/α,β-unsaturated/α-hetero) is 2. The van der Waals surface area contributed by atoms with Crippen molar-refractivity contribution in [3.8, 4) is 0 Å². The lowest BCUT2D eigenvalue weighted by molar-refractivity contribution is -0.496. The van der Waals surface area contributed by atoms with Gasteiger partial charge in [0.15, 0.2) is 11.4 Å². The van der Waals surface area contributed by atoms with Crippen LogP contribution in [0.4, 0.5) is 11.4 Å². The van der Waals surface area contributed by atoms with Gasteiger partial charge < -0.3 is 20.0 Å². The van der Waals surface area contributed by atoms with Crippen LogP contribution in [0.15, 0.2) is 131 Å². The fourth-order valence-corrected chi connectivity index (χ4v) is 9.12. The highest BCUT2D eigenvalue weighted by Gasteiger charge is 2.38. The summed E-state index contributed by atoms with van der Waals surface area (Å²) in [7, 11) is 4.22. The summed E-state index contributed by atoms with van der Waals surface area (Å²) < 4.78 is 4.52. The van der Waals surface area contributed by atoms with Gasteiger partial charge in [-0.05, 0) is 109 Å². The Labute approximate surface area is 395 Å². The molecular weight excluding hydrogens is 817 g/mol. The van der Waals surface area contributed by atoms with E-state index in [0.717, 1.165) is 137 Å². The molecule has 8 nitrogen and oxygen atoms in total. The number of unbranched alkanes of at least 4 members (excludes halogenated alkanes) is 9. The van der Waals surface area contributed by atoms with Gasteiger partial charge in [-0.1, -0.05) is 90.5 Å². The standard InChI is InChI=1S/C58H74N4O4/c1-7-11-39-61(40-12-8-2)49-33-25-45(26-34-49)53-55(63)51(56(53)64)43-21-29-47(30-22-43)59(5)37-19-17-15-16-18-20-38-60(6)48-31-23-44(24-32-48)52-57(65)54(58(52)66)46-27-35-50(36-28-46)62(41-13-9-3)42-14-10-4/h21-36H,7-20,37-42H2,1-6H3/p+2. The smallest absolute Gasteiger partial charge is 0.201 e. The highest BCUT2D eigenvalue weighted by atomic mass is 16.3. The Bertz CT molecular complexity index is 2160. The third-order valence-electron chi connectivity index (χ3n) is 13.5. The third kappa shape index (κ3) is 12.2. The molecule has 0 heterocycles. The second-order valence-corrected chi connectivity index (χ2v) is 18.4. The first kappa shape index (κ1) is 49.7. The van der Waals surface area contributed by atoms with Crippen molar-refractivity contribution in [3.05, 3.63) is 142 Å². The summed E-state index contributed by atoms with van der Waals surface area (Å²) in [4.78, 5) is 31.5. The highest BCUT2D eigenvalue weighted by molar-refractivity contribution is 6.40. The molecule has 8 heteroatoms. The van der Waals surface area contributed by atoms with Gasteiger partial charge >= 0.3 is 0 Å². The Morgan fingerprint density at radius 1 is 0.409 bits per heavy atom. The summed E-state index contributed by atoms with van der Waals surface area (Å²) in [5.41, 5.74) is 9.19. The molecule has 0 fully saturated rings. The van der Waals surface area contributed by atoms with E-state index in [4.69, 9.17) is 0 Å². The average Bonchev–Trinajstić information content (AvgIpc) is 3.33. The van der Waals surface area contributed by atoms with E-state index in [9.17, 15) is 19.8 Å². The van der Waals surface area contributed by atoms with Crippen LogP contribution in [0, 0.1) is 0 Å². The van der Waals surface area contributed by atoms with E-state index in [0.29, 0.717) is 22.3 Å². The van der Waals surface area contributed by atoms with Crippen LogP contribution in [0.2, 0.25) is 0 Å². The molecule has 0 unspecified atom stereocenters. The van der Waals surface area contributed by atoms with Crippen molar-refractivity contribution in [2.75, 3.05) is 63.2 Å². The van der Waals surface area contributed by atoms with Crippen LogP contribution < -0.4 is 9.80 Å². The molecule has 0 amide bonds. The van der Waals surface area contributed by atoms with Gasteiger partial charge in [-0.2, -0.15) is 0 Å². The number of nitrogens with zero attached hydrogens (tertiary/aromatic N) is 4. The van der Waals surface area contributed by atoms with Crippen molar-refractivity contribution in [2.45, 2.75) is 118 Å². The van der Waals surface area contributed by atoms with E-state index in [2.05, 4.69) is 85.0 Å². The van der Waals surface area contributed by atoms with Crippen LogP contribution >= 0.6 is 0 Å². The molecular formula is C58H76N4O4+2. The zero-order valence-electron chi connectivity index (χ0n) is 40.9. The van der Waals surface area contributed by atoms with Gasteiger partial charge in [0, 0.05) is 74.7 Å². The van der Waals surface area contributed by atoms with E-state index in [1.165, 1.54) is 37.1 Å². The minimum atomic E-state index is -0.101. The molecule has 2 aromatic carbocycles. The Morgan fingerprint density at radius 2 is 0.712 bits per heavy atom. The number of hydrogen-bond donors (Lipinski definition) is 2. The number of rotatable bonds is 25. The molecule has 0 radical (unpaired) electrons. The zero-order valence-corrected chi connectivity index (χ0v) is 40.9. The summed E-state index contributed by atoms with van der Waals surface area (Å²) in [5.74, 6) is -0.0292. The van der Waals surface area contributed by atoms with Gasteiger partial charge in [0.25, 0.3) is 0 Å². The SMILES string of the molecule is CCCCN(CCCC)c1ccc(C2=C(O)C(=C3C=CC(=[N+](C)CCCCCCCC[N+](C)=C4C=CC(=C5C(=O)C(c6ccc(N(CCCC)CCCC)cc6)=C5O)C=C4)C=C3)C2=O)cc1. The number of hydrogen-bond acceptors (Lipinski definition) is 6. The van der Waals surface area contributed by atoms with Crippen LogP contribution in [0.1, 0.15) is 129 Å². The van der Waals surface area contributed by atoms with Crippen molar-refractivity contribution < 1.29 is 29.0 Å². The summed E-state index contributed by atoms with van der Waals surface area (Å²) in [6.07, 6.45) is 32.1. The summed E-state index contributed by atoms with van der Waals surface area (Å²) in [6, 6.07) is 16.2. The minimum Gasteiger partial charge on any atom is -0.506 e. The first-order valence-corrected chi connectivity index (χ1v) is 25.2. The summed E-state index contributed by atoms with van der Waals surface area (Å²) in [6.45, 7) is 14.9. The van der Waals surface area contributed by atoms with Gasteiger partial charge in [-0.15, -0.1) is 0 Å². The second kappa shape index (κ2) is 24.7. The number of aliphatic hydroxyl groups is 2. The maximum absolute atomic E-state index is 13.3. The third-order valence-corrected chi connectivity index (χ3v) is 13.5. The second-order valence-electron chi connectivity index (χ2n) is 18.4. The molecule has 6 rings (SSSR count). The largest absolute Gasteiger partial charge is 0.506 e. The fourth-order valence-electron chi connectivity index (χ4n) is 9.12. The van der Waals surface area contributed by atoms with Crippen molar-refractivity contribution >= 4 is 45.5 Å². The number of carbonyl (C=O) groups is 2.